The quantitative estimate of drug-likeness (QED) is 0.805. The summed E-state index contributed by atoms with van der Waals surface area (Å²) >= 11 is 0. The lowest BCUT2D eigenvalue weighted by atomic mass is 10.1. The van der Waals surface area contributed by atoms with Gasteiger partial charge in [0.1, 0.15) is 21.0 Å². The highest BCUT2D eigenvalue weighted by atomic mass is 32.2. The summed E-state index contributed by atoms with van der Waals surface area (Å²) in [6, 6.07) is 12.9. The Labute approximate surface area is 116 Å². The van der Waals surface area contributed by atoms with Gasteiger partial charge >= 0.3 is 0 Å². The smallest absolute Gasteiger partial charge is 0.150 e. The minimum atomic E-state index is -3.23. The van der Waals surface area contributed by atoms with Gasteiger partial charge in [0.15, 0.2) is 0 Å². The van der Waals surface area contributed by atoms with Gasteiger partial charge in [-0.25, -0.2) is 8.42 Å². The van der Waals surface area contributed by atoms with Crippen LogP contribution in [0.3, 0.4) is 0 Å². The zero-order valence-corrected chi connectivity index (χ0v) is 11.7. The molecular formula is C15H14O4S. The van der Waals surface area contributed by atoms with Crippen LogP contribution in [0.15, 0.2) is 46.9 Å². The van der Waals surface area contributed by atoms with Crippen LogP contribution < -0.4 is 0 Å². The molecule has 0 saturated heterocycles. The van der Waals surface area contributed by atoms with Crippen LogP contribution >= 0.6 is 0 Å². The zero-order valence-electron chi connectivity index (χ0n) is 10.9. The molecule has 0 radical (unpaired) electrons. The lowest BCUT2D eigenvalue weighted by Crippen LogP contribution is -2.12. The second-order valence-corrected chi connectivity index (χ2v) is 7.15. The van der Waals surface area contributed by atoms with Crippen molar-refractivity contribution >= 4 is 31.8 Å². The Balaban J connectivity index is 2.12. The predicted octanol–water partition coefficient (Wildman–Crippen LogP) is 2.66. The molecule has 2 aromatic carbocycles. The first-order chi connectivity index (χ1) is 9.44. The Bertz CT molecular complexity index is 877. The molecule has 0 aliphatic heterocycles. The Morgan fingerprint density at radius 2 is 1.80 bits per heavy atom. The molecule has 3 rings (SSSR count). The minimum Gasteiger partial charge on any atom is -0.456 e. The molecule has 0 saturated carbocycles. The molecule has 0 aliphatic carbocycles. The summed E-state index contributed by atoms with van der Waals surface area (Å²) < 4.78 is 28.2. The van der Waals surface area contributed by atoms with Crippen molar-refractivity contribution in [2.24, 2.45) is 0 Å². The van der Waals surface area contributed by atoms with E-state index >= 15 is 0 Å². The maximum absolute atomic E-state index is 11.3. The molecule has 4 nitrogen and oxygen atoms in total. The van der Waals surface area contributed by atoms with Crippen molar-refractivity contribution in [2.75, 3.05) is 12.0 Å². The molecule has 1 aromatic heterocycles. The molecule has 1 heterocycles. The number of rotatable bonds is 3. The normalized spacial score (nSPS) is 13.9. The first-order valence-electron chi connectivity index (χ1n) is 6.21. The lowest BCUT2D eigenvalue weighted by molar-refractivity contribution is 0.202. The molecule has 5 heteroatoms. The van der Waals surface area contributed by atoms with Gasteiger partial charge in [0.2, 0.25) is 0 Å². The average Bonchev–Trinajstić information content (AvgIpc) is 2.74. The summed E-state index contributed by atoms with van der Waals surface area (Å²) in [5, 5.41) is 11.9. The number of benzene rings is 2. The van der Waals surface area contributed by atoms with E-state index in [-0.39, 0.29) is 5.75 Å². The molecule has 1 unspecified atom stereocenters. The molecule has 20 heavy (non-hydrogen) atoms. The van der Waals surface area contributed by atoms with Crippen LogP contribution in [0.2, 0.25) is 0 Å². The summed E-state index contributed by atoms with van der Waals surface area (Å²) in [6.45, 7) is 0. The number of hydrogen-bond acceptors (Lipinski definition) is 4. The van der Waals surface area contributed by atoms with E-state index in [4.69, 9.17) is 4.42 Å². The predicted molar refractivity (Wildman–Crippen MR) is 78.4 cm³/mol. The van der Waals surface area contributed by atoms with Crippen molar-refractivity contribution in [3.63, 3.8) is 0 Å². The van der Waals surface area contributed by atoms with Crippen molar-refractivity contribution in [3.05, 3.63) is 48.0 Å². The second-order valence-electron chi connectivity index (χ2n) is 4.96. The lowest BCUT2D eigenvalue weighted by Gasteiger charge is -2.09. The fraction of sp³-hybridized carbons (Fsp3) is 0.200. The maximum Gasteiger partial charge on any atom is 0.150 e. The number of para-hydroxylation sites is 1. The SMILES string of the molecule is CS(=O)(=O)CC(O)c1ccc2oc3ccccc3c2c1. The molecule has 0 amide bonds. The van der Waals surface area contributed by atoms with Gasteiger partial charge in [-0.05, 0) is 23.8 Å². The number of hydrogen-bond donors (Lipinski definition) is 1. The third kappa shape index (κ3) is 2.42. The second kappa shape index (κ2) is 4.61. The van der Waals surface area contributed by atoms with Crippen molar-refractivity contribution < 1.29 is 17.9 Å². The van der Waals surface area contributed by atoms with Gasteiger partial charge in [0.05, 0.1) is 11.9 Å². The zero-order chi connectivity index (χ0) is 14.3. The molecule has 0 bridgehead atoms. The number of aliphatic hydroxyl groups excluding tert-OH is 1. The van der Waals surface area contributed by atoms with Gasteiger partial charge in [-0.1, -0.05) is 24.3 Å². The third-order valence-electron chi connectivity index (χ3n) is 3.25. The maximum atomic E-state index is 11.3. The average molecular weight is 290 g/mol. The molecule has 0 fully saturated rings. The van der Waals surface area contributed by atoms with Gasteiger partial charge in [0.25, 0.3) is 0 Å². The van der Waals surface area contributed by atoms with Gasteiger partial charge in [-0.3, -0.25) is 0 Å². The van der Waals surface area contributed by atoms with Crippen molar-refractivity contribution in [3.8, 4) is 0 Å². The van der Waals surface area contributed by atoms with Gasteiger partial charge in [0, 0.05) is 17.0 Å². The van der Waals surface area contributed by atoms with Crippen molar-refractivity contribution in [1.29, 1.82) is 0 Å². The summed E-state index contributed by atoms with van der Waals surface area (Å²) in [6.07, 6.45) is 0.0882. The van der Waals surface area contributed by atoms with E-state index in [0.29, 0.717) is 5.56 Å². The van der Waals surface area contributed by atoms with E-state index in [0.717, 1.165) is 28.2 Å². The first kappa shape index (κ1) is 13.1. The van der Waals surface area contributed by atoms with Crippen LogP contribution in [0.1, 0.15) is 11.7 Å². The highest BCUT2D eigenvalue weighted by molar-refractivity contribution is 7.90. The summed E-state index contributed by atoms with van der Waals surface area (Å²) in [5.41, 5.74) is 2.08. The van der Waals surface area contributed by atoms with Crippen LogP contribution in [0.25, 0.3) is 21.9 Å². The van der Waals surface area contributed by atoms with E-state index in [9.17, 15) is 13.5 Å². The topological polar surface area (TPSA) is 67.5 Å². The van der Waals surface area contributed by atoms with E-state index < -0.39 is 15.9 Å². The Kier molecular flexibility index (Phi) is 3.03. The molecule has 3 aromatic rings. The fourth-order valence-corrected chi connectivity index (χ4v) is 3.10. The van der Waals surface area contributed by atoms with Crippen LogP contribution in [0.4, 0.5) is 0 Å². The van der Waals surface area contributed by atoms with E-state index in [1.165, 1.54) is 0 Å². The van der Waals surface area contributed by atoms with Gasteiger partial charge in [-0.2, -0.15) is 0 Å². The van der Waals surface area contributed by atoms with Crippen LogP contribution in [0.5, 0.6) is 0 Å². The van der Waals surface area contributed by atoms with E-state index in [1.807, 2.05) is 24.3 Å². The fourth-order valence-electron chi connectivity index (χ4n) is 2.33. The Morgan fingerprint density at radius 1 is 1.10 bits per heavy atom. The number of furan rings is 1. The van der Waals surface area contributed by atoms with Crippen LogP contribution in [-0.4, -0.2) is 25.5 Å². The van der Waals surface area contributed by atoms with Crippen molar-refractivity contribution in [2.45, 2.75) is 6.10 Å². The summed E-state index contributed by atoms with van der Waals surface area (Å²) in [5.74, 6) is -0.283. The minimum absolute atomic E-state index is 0.283. The summed E-state index contributed by atoms with van der Waals surface area (Å²) in [4.78, 5) is 0. The highest BCUT2D eigenvalue weighted by Crippen LogP contribution is 2.30. The molecule has 1 atom stereocenters. The molecule has 104 valence electrons. The molecular weight excluding hydrogens is 276 g/mol. The molecule has 0 aliphatic rings. The Hall–Kier alpha value is -1.85. The van der Waals surface area contributed by atoms with E-state index in [1.54, 1.807) is 18.2 Å². The van der Waals surface area contributed by atoms with Gasteiger partial charge in [-0.15, -0.1) is 0 Å². The van der Waals surface area contributed by atoms with E-state index in [2.05, 4.69) is 0 Å². The monoisotopic (exact) mass is 290 g/mol. The molecule has 0 spiro atoms. The number of aliphatic hydroxyl groups is 1. The van der Waals surface area contributed by atoms with Crippen LogP contribution in [-0.2, 0) is 9.84 Å². The van der Waals surface area contributed by atoms with Crippen molar-refractivity contribution in [1.82, 2.24) is 0 Å². The third-order valence-corrected chi connectivity index (χ3v) is 4.17. The standard InChI is InChI=1S/C15H14O4S/c1-20(17,18)9-13(16)10-6-7-15-12(8-10)11-4-2-3-5-14(11)19-15/h2-8,13,16H,9H2,1H3. The highest BCUT2D eigenvalue weighted by Gasteiger charge is 2.16. The van der Waals surface area contributed by atoms with Crippen LogP contribution in [0, 0.1) is 0 Å². The largest absolute Gasteiger partial charge is 0.456 e. The number of sulfone groups is 1. The van der Waals surface area contributed by atoms with Gasteiger partial charge < -0.3 is 9.52 Å². The molecule has 1 N–H and O–H groups in total. The first-order valence-corrected chi connectivity index (χ1v) is 8.27. The summed E-state index contributed by atoms with van der Waals surface area (Å²) in [7, 11) is -3.23. The Morgan fingerprint density at radius 3 is 2.55 bits per heavy atom. The number of fused-ring (bicyclic) bond motifs is 3.